The van der Waals surface area contributed by atoms with E-state index < -0.39 is 0 Å². The fourth-order valence-electron chi connectivity index (χ4n) is 1.26. The highest BCUT2D eigenvalue weighted by Crippen LogP contribution is 2.10. The van der Waals surface area contributed by atoms with Crippen LogP contribution in [0.15, 0.2) is 0 Å². The van der Waals surface area contributed by atoms with Crippen molar-refractivity contribution in [2.45, 2.75) is 33.2 Å². The minimum Gasteiger partial charge on any atom is -0.360 e. The zero-order chi connectivity index (χ0) is 8.15. The Morgan fingerprint density at radius 3 is 2.10 bits per heavy atom. The van der Waals surface area contributed by atoms with E-state index in [1.54, 1.807) is 0 Å². The summed E-state index contributed by atoms with van der Waals surface area (Å²) in [5.41, 5.74) is 2.71. The lowest BCUT2D eigenvalue weighted by Gasteiger charge is -2.27. The first kappa shape index (κ1) is 9.89. The summed E-state index contributed by atoms with van der Waals surface area (Å²) in [6.07, 6.45) is 1.14. The minimum absolute atomic E-state index is 0.553. The van der Waals surface area contributed by atoms with Crippen LogP contribution >= 0.6 is 12.2 Å². The SMILES string of the molecule is CCC(C(C)C)N(C)[C]=S. The molecule has 0 rings (SSSR count). The van der Waals surface area contributed by atoms with E-state index >= 15 is 0 Å². The first-order valence-electron chi connectivity index (χ1n) is 3.74. The van der Waals surface area contributed by atoms with Crippen LogP contribution in [0.25, 0.3) is 0 Å². The van der Waals surface area contributed by atoms with E-state index in [-0.39, 0.29) is 0 Å². The Labute approximate surface area is 69.4 Å². The van der Waals surface area contributed by atoms with Gasteiger partial charge in [0.25, 0.3) is 0 Å². The Balaban J connectivity index is 3.92. The van der Waals surface area contributed by atoms with Crippen molar-refractivity contribution in [2.75, 3.05) is 7.05 Å². The van der Waals surface area contributed by atoms with Crippen LogP contribution in [-0.2, 0) is 0 Å². The second-order valence-corrected chi connectivity index (χ2v) is 3.10. The number of hydrogen-bond donors (Lipinski definition) is 0. The van der Waals surface area contributed by atoms with E-state index in [1.807, 2.05) is 11.9 Å². The summed E-state index contributed by atoms with van der Waals surface area (Å²) in [7, 11) is 1.99. The van der Waals surface area contributed by atoms with Crippen molar-refractivity contribution >= 4 is 17.7 Å². The fourth-order valence-corrected chi connectivity index (χ4v) is 1.40. The molecule has 0 heterocycles. The van der Waals surface area contributed by atoms with Crippen molar-refractivity contribution in [1.82, 2.24) is 4.90 Å². The van der Waals surface area contributed by atoms with Crippen LogP contribution in [0.4, 0.5) is 0 Å². The zero-order valence-electron chi connectivity index (χ0n) is 7.22. The Morgan fingerprint density at radius 1 is 1.50 bits per heavy atom. The molecule has 0 bridgehead atoms. The average molecular weight is 158 g/mol. The number of hydrogen-bond acceptors (Lipinski definition) is 1. The molecule has 0 saturated heterocycles. The third-order valence-corrected chi connectivity index (χ3v) is 2.12. The van der Waals surface area contributed by atoms with E-state index in [9.17, 15) is 0 Å². The van der Waals surface area contributed by atoms with Gasteiger partial charge in [-0.1, -0.05) is 33.0 Å². The van der Waals surface area contributed by atoms with Crippen LogP contribution < -0.4 is 0 Å². The smallest absolute Gasteiger partial charge is 0.136 e. The second-order valence-electron chi connectivity index (χ2n) is 2.92. The van der Waals surface area contributed by atoms with Gasteiger partial charge in [0.1, 0.15) is 5.49 Å². The molecule has 10 heavy (non-hydrogen) atoms. The molecule has 0 aliphatic carbocycles. The van der Waals surface area contributed by atoms with E-state index in [1.165, 1.54) is 0 Å². The highest BCUT2D eigenvalue weighted by atomic mass is 32.1. The summed E-state index contributed by atoms with van der Waals surface area (Å²) >= 11 is 4.71. The van der Waals surface area contributed by atoms with Gasteiger partial charge in [-0.3, -0.25) is 0 Å². The van der Waals surface area contributed by atoms with E-state index in [4.69, 9.17) is 12.2 Å². The van der Waals surface area contributed by atoms with Gasteiger partial charge in [-0.2, -0.15) is 0 Å². The molecule has 1 unspecified atom stereocenters. The third kappa shape index (κ3) is 2.65. The van der Waals surface area contributed by atoms with Crippen molar-refractivity contribution in [1.29, 1.82) is 0 Å². The standard InChI is InChI=1S/C8H16NS/c1-5-8(7(2)3)9(4)6-10/h7-8H,5H2,1-4H3. The van der Waals surface area contributed by atoms with Gasteiger partial charge in [0.2, 0.25) is 0 Å². The van der Waals surface area contributed by atoms with Gasteiger partial charge in [-0.05, 0) is 12.3 Å². The second kappa shape index (κ2) is 4.67. The zero-order valence-corrected chi connectivity index (χ0v) is 8.03. The van der Waals surface area contributed by atoms with Crippen LogP contribution in [0.2, 0.25) is 0 Å². The van der Waals surface area contributed by atoms with Gasteiger partial charge in [0.05, 0.1) is 0 Å². The topological polar surface area (TPSA) is 3.24 Å². The summed E-state index contributed by atoms with van der Waals surface area (Å²) in [6.45, 7) is 6.59. The molecule has 0 spiro atoms. The molecule has 0 aromatic rings. The summed E-state index contributed by atoms with van der Waals surface area (Å²) in [5.74, 6) is 0.658. The number of thiocarbonyl (C=S) groups is 1. The molecule has 1 radical (unpaired) electrons. The molecule has 0 aromatic heterocycles. The van der Waals surface area contributed by atoms with Crippen molar-refractivity contribution < 1.29 is 0 Å². The monoisotopic (exact) mass is 158 g/mol. The number of nitrogens with zero attached hydrogens (tertiary/aromatic N) is 1. The van der Waals surface area contributed by atoms with E-state index in [2.05, 4.69) is 26.3 Å². The average Bonchev–Trinajstić information content (AvgIpc) is 1.88. The van der Waals surface area contributed by atoms with E-state index in [0.717, 1.165) is 6.42 Å². The van der Waals surface area contributed by atoms with Crippen LogP contribution in [-0.4, -0.2) is 23.5 Å². The van der Waals surface area contributed by atoms with E-state index in [0.29, 0.717) is 12.0 Å². The summed E-state index contributed by atoms with van der Waals surface area (Å²) in [5, 5.41) is 0. The Kier molecular flexibility index (Phi) is 4.62. The van der Waals surface area contributed by atoms with Gasteiger partial charge in [0.15, 0.2) is 0 Å². The largest absolute Gasteiger partial charge is 0.360 e. The molecule has 59 valence electrons. The predicted octanol–water partition coefficient (Wildman–Crippen LogP) is 2.19. The van der Waals surface area contributed by atoms with Gasteiger partial charge in [-0.15, -0.1) is 0 Å². The highest BCUT2D eigenvalue weighted by molar-refractivity contribution is 7.78. The maximum Gasteiger partial charge on any atom is 0.136 e. The molecule has 0 amide bonds. The molecule has 2 heteroatoms. The van der Waals surface area contributed by atoms with Crippen molar-refractivity contribution in [3.8, 4) is 0 Å². The predicted molar refractivity (Wildman–Crippen MR) is 49.3 cm³/mol. The Morgan fingerprint density at radius 2 is 2.00 bits per heavy atom. The van der Waals surface area contributed by atoms with Crippen molar-refractivity contribution in [3.05, 3.63) is 0 Å². The third-order valence-electron chi connectivity index (χ3n) is 1.83. The molecule has 0 fully saturated rings. The van der Waals surface area contributed by atoms with Gasteiger partial charge in [-0.25, -0.2) is 0 Å². The maximum absolute atomic E-state index is 4.71. The Hall–Kier alpha value is -0.110. The molecular weight excluding hydrogens is 142 g/mol. The maximum atomic E-state index is 4.71. The summed E-state index contributed by atoms with van der Waals surface area (Å²) in [4.78, 5) is 1.99. The normalized spacial score (nSPS) is 13.3. The van der Waals surface area contributed by atoms with Crippen molar-refractivity contribution in [2.24, 2.45) is 5.92 Å². The fraction of sp³-hybridized carbons (Fsp3) is 0.875. The molecule has 0 aliphatic rings. The van der Waals surface area contributed by atoms with Gasteiger partial charge < -0.3 is 4.90 Å². The van der Waals surface area contributed by atoms with Gasteiger partial charge in [0, 0.05) is 13.1 Å². The summed E-state index contributed by atoms with van der Waals surface area (Å²) < 4.78 is 0. The van der Waals surface area contributed by atoms with Crippen LogP contribution in [0, 0.1) is 5.92 Å². The quantitative estimate of drug-likeness (QED) is 0.456. The molecule has 0 saturated carbocycles. The summed E-state index contributed by atoms with van der Waals surface area (Å²) in [6, 6.07) is 0.553. The molecular formula is C8H16NS. The van der Waals surface area contributed by atoms with Crippen LogP contribution in [0.1, 0.15) is 27.2 Å². The molecule has 0 aromatic carbocycles. The lowest BCUT2D eigenvalue weighted by Crippen LogP contribution is -2.33. The molecule has 1 nitrogen and oxygen atoms in total. The molecule has 0 aliphatic heterocycles. The Bertz CT molecular complexity index is 101. The molecule has 0 N–H and O–H groups in total. The lowest BCUT2D eigenvalue weighted by molar-refractivity contribution is 0.288. The van der Waals surface area contributed by atoms with Gasteiger partial charge >= 0.3 is 0 Å². The van der Waals surface area contributed by atoms with Crippen molar-refractivity contribution in [3.63, 3.8) is 0 Å². The highest BCUT2D eigenvalue weighted by Gasteiger charge is 2.13. The van der Waals surface area contributed by atoms with Crippen LogP contribution in [0.3, 0.4) is 0 Å². The first-order chi connectivity index (χ1) is 4.63. The number of rotatable bonds is 4. The van der Waals surface area contributed by atoms with Crippen LogP contribution in [0.5, 0.6) is 0 Å². The molecule has 1 atom stereocenters. The first-order valence-corrected chi connectivity index (χ1v) is 4.14. The minimum atomic E-state index is 0.553. The lowest BCUT2D eigenvalue weighted by atomic mass is 10.0.